The highest BCUT2D eigenvalue weighted by Crippen LogP contribution is 2.53. The summed E-state index contributed by atoms with van der Waals surface area (Å²) in [4.78, 5) is 17.5. The van der Waals surface area contributed by atoms with Gasteiger partial charge in [0.1, 0.15) is 5.75 Å². The molecule has 1 spiro atoms. The Balaban J connectivity index is 1.48. The molecule has 1 aromatic carbocycles. The molecule has 0 radical (unpaired) electrons. The Morgan fingerprint density at radius 3 is 3.16 bits per heavy atom. The van der Waals surface area contributed by atoms with E-state index in [9.17, 15) is 4.79 Å². The predicted molar refractivity (Wildman–Crippen MR) is 102 cm³/mol. The van der Waals surface area contributed by atoms with E-state index >= 15 is 0 Å². The van der Waals surface area contributed by atoms with Crippen LogP contribution in [0.15, 0.2) is 53.7 Å². The van der Waals surface area contributed by atoms with Crippen molar-refractivity contribution in [1.29, 1.82) is 0 Å². The number of carbonyl (C=O) groups is 1. The van der Waals surface area contributed by atoms with Crippen LogP contribution in [0.3, 0.4) is 0 Å². The van der Waals surface area contributed by atoms with Gasteiger partial charge in [-0.1, -0.05) is 36.4 Å². The zero-order valence-corrected chi connectivity index (χ0v) is 15.1. The molecule has 0 aromatic heterocycles. The first-order chi connectivity index (χ1) is 12.2. The maximum atomic E-state index is 12.9. The van der Waals surface area contributed by atoms with Crippen LogP contribution < -0.4 is 10.1 Å². The number of hydrogen-bond donors (Lipinski definition) is 1. The number of nitrogens with zero attached hydrogens (tertiary/aromatic N) is 1. The topological polar surface area (TPSA) is 50.7 Å². The molecule has 1 amide bonds. The smallest absolute Gasteiger partial charge is 0.224 e. The van der Waals surface area contributed by atoms with Crippen molar-refractivity contribution >= 4 is 23.4 Å². The lowest BCUT2D eigenvalue weighted by Crippen LogP contribution is -2.45. The van der Waals surface area contributed by atoms with E-state index in [0.29, 0.717) is 6.54 Å². The van der Waals surface area contributed by atoms with Crippen LogP contribution in [-0.4, -0.2) is 29.2 Å². The fourth-order valence-corrected chi connectivity index (χ4v) is 5.84. The van der Waals surface area contributed by atoms with Gasteiger partial charge in [0.25, 0.3) is 0 Å². The third-order valence-corrected chi connectivity index (χ3v) is 7.10. The number of ether oxygens (including phenoxy) is 1. The maximum Gasteiger partial charge on any atom is 0.224 e. The highest BCUT2D eigenvalue weighted by atomic mass is 32.2. The van der Waals surface area contributed by atoms with Crippen LogP contribution in [0.1, 0.15) is 18.4 Å². The molecular weight excluding hydrogens is 332 g/mol. The van der Waals surface area contributed by atoms with Crippen molar-refractivity contribution in [2.24, 2.45) is 16.8 Å². The Morgan fingerprint density at radius 1 is 1.40 bits per heavy atom. The number of amides is 1. The number of aliphatic imine (C=N–C) groups is 1. The lowest BCUT2D eigenvalue weighted by atomic mass is 9.73. The second-order valence-corrected chi connectivity index (χ2v) is 8.01. The van der Waals surface area contributed by atoms with Crippen LogP contribution >= 0.6 is 11.8 Å². The molecule has 1 aromatic rings. The molecule has 3 aliphatic rings. The van der Waals surface area contributed by atoms with Crippen molar-refractivity contribution in [2.75, 3.05) is 12.9 Å². The van der Waals surface area contributed by atoms with Crippen molar-refractivity contribution in [2.45, 2.75) is 24.1 Å². The maximum absolute atomic E-state index is 12.9. The predicted octanol–water partition coefficient (Wildman–Crippen LogP) is 3.35. The number of thioether (sulfide) groups is 1. The number of carbonyl (C=O) groups excluding carboxylic acids is 1. The minimum absolute atomic E-state index is 0.00402. The molecule has 1 aliphatic carbocycles. The number of allylic oxidation sites excluding steroid dienone is 3. The van der Waals surface area contributed by atoms with E-state index in [1.807, 2.05) is 42.2 Å². The summed E-state index contributed by atoms with van der Waals surface area (Å²) in [6.07, 6.45) is 10.3. The monoisotopic (exact) mass is 354 g/mol. The first-order valence-electron chi connectivity index (χ1n) is 8.67. The quantitative estimate of drug-likeness (QED) is 0.844. The van der Waals surface area contributed by atoms with Crippen LogP contribution in [0.5, 0.6) is 5.75 Å². The largest absolute Gasteiger partial charge is 0.496 e. The van der Waals surface area contributed by atoms with Gasteiger partial charge < -0.3 is 10.1 Å². The summed E-state index contributed by atoms with van der Waals surface area (Å²) in [5, 5.41) is 3.12. The second kappa shape index (κ2) is 6.71. The lowest BCUT2D eigenvalue weighted by Gasteiger charge is -2.38. The number of methoxy groups -OCH3 is 1. The highest BCUT2D eigenvalue weighted by molar-refractivity contribution is 8.01. The summed E-state index contributed by atoms with van der Waals surface area (Å²) in [5.41, 5.74) is 2.23. The van der Waals surface area contributed by atoms with Gasteiger partial charge in [-0.15, -0.1) is 11.8 Å². The zero-order valence-electron chi connectivity index (χ0n) is 14.3. The standard InChI is InChI=1S/C20H22N2O2S/c1-24-17-7-3-2-6-14(17)12-22-19(23)15-13-25-20-10-5-4-8-18(20)21-11-9-16(15)20/h2-7,9,11,15-16H,8,10,12-13H2,1H3,(H,22,23). The second-order valence-electron chi connectivity index (χ2n) is 6.66. The van der Waals surface area contributed by atoms with E-state index in [0.717, 1.165) is 29.9 Å². The summed E-state index contributed by atoms with van der Waals surface area (Å²) in [7, 11) is 1.66. The number of rotatable bonds is 4. The van der Waals surface area contributed by atoms with E-state index < -0.39 is 0 Å². The van der Waals surface area contributed by atoms with Gasteiger partial charge in [0.05, 0.1) is 17.8 Å². The van der Waals surface area contributed by atoms with Gasteiger partial charge in [-0.2, -0.15) is 0 Å². The Hall–Kier alpha value is -2.01. The average Bonchev–Trinajstić information content (AvgIpc) is 3.04. The van der Waals surface area contributed by atoms with Gasteiger partial charge in [-0.05, 0) is 12.5 Å². The van der Waals surface area contributed by atoms with Gasteiger partial charge in [0.15, 0.2) is 0 Å². The minimum Gasteiger partial charge on any atom is -0.496 e. The van der Waals surface area contributed by atoms with Crippen molar-refractivity contribution in [3.05, 3.63) is 54.3 Å². The molecule has 2 aliphatic heterocycles. The number of benzene rings is 1. The lowest BCUT2D eigenvalue weighted by molar-refractivity contribution is -0.125. The Morgan fingerprint density at radius 2 is 2.28 bits per heavy atom. The van der Waals surface area contributed by atoms with Crippen LogP contribution in [-0.2, 0) is 11.3 Å². The molecule has 1 fully saturated rings. The average molecular weight is 354 g/mol. The molecule has 2 heterocycles. The number of hydrogen-bond acceptors (Lipinski definition) is 4. The number of nitrogens with one attached hydrogen (secondary N) is 1. The van der Waals surface area contributed by atoms with E-state index in [2.05, 4.69) is 28.5 Å². The van der Waals surface area contributed by atoms with Crippen LogP contribution in [0.2, 0.25) is 0 Å². The molecule has 130 valence electrons. The fraction of sp³-hybridized carbons (Fsp3) is 0.400. The van der Waals surface area contributed by atoms with E-state index in [-0.39, 0.29) is 22.5 Å². The van der Waals surface area contributed by atoms with Gasteiger partial charge in [-0.25, -0.2) is 0 Å². The first kappa shape index (κ1) is 16.5. The Labute approximate surface area is 152 Å². The fourth-order valence-electron chi connectivity index (χ4n) is 4.06. The third-order valence-electron chi connectivity index (χ3n) is 5.39. The van der Waals surface area contributed by atoms with Gasteiger partial charge in [-0.3, -0.25) is 9.79 Å². The molecule has 5 heteroatoms. The van der Waals surface area contributed by atoms with Gasteiger partial charge in [0.2, 0.25) is 5.91 Å². The molecular formula is C20H22N2O2S. The molecule has 0 saturated carbocycles. The summed E-state index contributed by atoms with van der Waals surface area (Å²) < 4.78 is 5.36. The summed E-state index contributed by atoms with van der Waals surface area (Å²) in [5.74, 6) is 2.00. The normalized spacial score (nSPS) is 29.6. The molecule has 25 heavy (non-hydrogen) atoms. The van der Waals surface area contributed by atoms with Crippen molar-refractivity contribution in [3.63, 3.8) is 0 Å². The Kier molecular flexibility index (Phi) is 4.42. The van der Waals surface area contributed by atoms with Crippen LogP contribution in [0, 0.1) is 11.8 Å². The van der Waals surface area contributed by atoms with Crippen molar-refractivity contribution < 1.29 is 9.53 Å². The van der Waals surface area contributed by atoms with Gasteiger partial charge in [0, 0.05) is 42.1 Å². The zero-order chi connectivity index (χ0) is 17.3. The number of para-hydroxylation sites is 1. The molecule has 4 rings (SSSR count). The van der Waals surface area contributed by atoms with Crippen LogP contribution in [0.4, 0.5) is 0 Å². The Bertz CT molecular complexity index is 771. The van der Waals surface area contributed by atoms with E-state index in [1.54, 1.807) is 7.11 Å². The summed E-state index contributed by atoms with van der Waals surface area (Å²) in [6, 6.07) is 7.81. The summed E-state index contributed by atoms with van der Waals surface area (Å²) in [6.45, 7) is 0.494. The van der Waals surface area contributed by atoms with Crippen molar-refractivity contribution in [3.8, 4) is 5.75 Å². The summed E-state index contributed by atoms with van der Waals surface area (Å²) >= 11 is 1.90. The van der Waals surface area contributed by atoms with Gasteiger partial charge >= 0.3 is 0 Å². The molecule has 4 nitrogen and oxygen atoms in total. The molecule has 3 atom stereocenters. The minimum atomic E-state index is -0.00652. The molecule has 1 saturated heterocycles. The van der Waals surface area contributed by atoms with Crippen molar-refractivity contribution in [1.82, 2.24) is 5.32 Å². The SMILES string of the molecule is COc1ccccc1CNC(=O)C1CSC23CC=CCC2=NC=CC13. The highest BCUT2D eigenvalue weighted by Gasteiger charge is 2.54. The van der Waals surface area contributed by atoms with Crippen LogP contribution in [0.25, 0.3) is 0 Å². The molecule has 0 bridgehead atoms. The molecule has 1 N–H and O–H groups in total. The van der Waals surface area contributed by atoms with E-state index in [1.165, 1.54) is 5.71 Å². The molecule has 3 unspecified atom stereocenters. The first-order valence-corrected chi connectivity index (χ1v) is 9.65. The van der Waals surface area contributed by atoms with E-state index in [4.69, 9.17) is 4.74 Å². The third kappa shape index (κ3) is 2.80.